The largest absolute Gasteiger partial charge is 0.433 e. The molecule has 0 N–H and O–H groups in total. The predicted octanol–water partition coefficient (Wildman–Crippen LogP) is 3.05. The molecular formula is C7H10F3N2P. The van der Waals surface area contributed by atoms with Gasteiger partial charge in [-0.1, -0.05) is 0 Å². The highest BCUT2D eigenvalue weighted by Crippen LogP contribution is 2.41. The van der Waals surface area contributed by atoms with Crippen molar-refractivity contribution in [2.75, 3.05) is 20.0 Å². The third-order valence-corrected chi connectivity index (χ3v) is 1.71. The molecule has 0 rings (SSSR count). The summed E-state index contributed by atoms with van der Waals surface area (Å²) in [5.41, 5.74) is -1.09. The summed E-state index contributed by atoms with van der Waals surface area (Å²) in [6.45, 7) is 4.93. The van der Waals surface area contributed by atoms with Crippen LogP contribution in [0.3, 0.4) is 0 Å². The molecule has 0 atom stereocenters. The van der Waals surface area contributed by atoms with E-state index in [1.54, 1.807) is 20.0 Å². The Morgan fingerprint density at radius 2 is 1.85 bits per heavy atom. The van der Waals surface area contributed by atoms with Crippen molar-refractivity contribution in [1.82, 2.24) is 0 Å². The van der Waals surface area contributed by atoms with E-state index in [2.05, 4.69) is 4.74 Å². The topological polar surface area (TPSA) is 36.1 Å². The summed E-state index contributed by atoms with van der Waals surface area (Å²) in [5, 5.41) is 8.12. The fourth-order valence-electron chi connectivity index (χ4n) is 0.552. The third-order valence-electron chi connectivity index (χ3n) is 0.899. The van der Waals surface area contributed by atoms with E-state index in [0.29, 0.717) is 6.08 Å². The van der Waals surface area contributed by atoms with Crippen LogP contribution in [0, 0.1) is 11.3 Å². The third kappa shape index (κ3) is 5.48. The van der Waals surface area contributed by atoms with Crippen molar-refractivity contribution >= 4 is 7.05 Å². The van der Waals surface area contributed by atoms with Crippen molar-refractivity contribution in [3.05, 3.63) is 11.8 Å². The van der Waals surface area contributed by atoms with Gasteiger partial charge in [0, 0.05) is 6.08 Å². The molecule has 0 aromatic heterocycles. The Morgan fingerprint density at radius 1 is 1.38 bits per heavy atom. The Hall–Kier alpha value is -0.750. The van der Waals surface area contributed by atoms with Gasteiger partial charge in [0.2, 0.25) is 0 Å². The molecule has 0 aliphatic heterocycles. The van der Waals surface area contributed by atoms with Crippen LogP contribution in [0.25, 0.3) is 0 Å². The van der Waals surface area contributed by atoms with Gasteiger partial charge in [0.1, 0.15) is 0 Å². The monoisotopic (exact) mass is 210 g/mol. The van der Waals surface area contributed by atoms with Gasteiger partial charge in [-0.15, -0.1) is 0 Å². The minimum atomic E-state index is -4.52. The summed E-state index contributed by atoms with van der Waals surface area (Å²) in [4.78, 5) is 0. The first-order chi connectivity index (χ1) is 5.67. The van der Waals surface area contributed by atoms with E-state index in [1.165, 1.54) is 6.07 Å². The highest BCUT2D eigenvalue weighted by Gasteiger charge is 2.34. The molecule has 74 valence electrons. The van der Waals surface area contributed by atoms with Crippen LogP contribution in [0.15, 0.2) is 16.5 Å². The van der Waals surface area contributed by atoms with Crippen LogP contribution >= 0.6 is 7.05 Å². The van der Waals surface area contributed by atoms with Crippen molar-refractivity contribution in [3.63, 3.8) is 0 Å². The number of hydrogen-bond acceptors (Lipinski definition) is 2. The zero-order chi connectivity index (χ0) is 10.7. The van der Waals surface area contributed by atoms with Gasteiger partial charge in [-0.2, -0.15) is 18.4 Å². The number of nitrogens with zero attached hydrogens (tertiary/aromatic N) is 2. The lowest BCUT2D eigenvalue weighted by atomic mass is 10.4. The Balaban J connectivity index is 5.15. The van der Waals surface area contributed by atoms with Crippen molar-refractivity contribution < 1.29 is 13.2 Å². The highest BCUT2D eigenvalue weighted by atomic mass is 31.2. The van der Waals surface area contributed by atoms with Gasteiger partial charge in [-0.05, 0) is 27.0 Å². The molecule has 0 aromatic carbocycles. The van der Waals surface area contributed by atoms with E-state index in [9.17, 15) is 13.2 Å². The molecule has 0 unspecified atom stereocenters. The standard InChI is InChI=1S/C7H10F3N2P/c1-13(2,3)12-6(4-5-11)7(8,9)10/h4H,1-3H3/b6-4+. The molecule has 0 fully saturated rings. The van der Waals surface area contributed by atoms with E-state index in [-0.39, 0.29) is 0 Å². The van der Waals surface area contributed by atoms with Crippen LogP contribution < -0.4 is 0 Å². The summed E-state index contributed by atoms with van der Waals surface area (Å²) in [7, 11) is -1.91. The van der Waals surface area contributed by atoms with E-state index in [4.69, 9.17) is 5.26 Å². The molecule has 6 heteroatoms. The maximum Gasteiger partial charge on any atom is 0.433 e. The fourth-order valence-corrected chi connectivity index (χ4v) is 1.37. The van der Waals surface area contributed by atoms with Gasteiger partial charge < -0.3 is 0 Å². The van der Waals surface area contributed by atoms with E-state index < -0.39 is 18.9 Å². The van der Waals surface area contributed by atoms with E-state index in [0.717, 1.165) is 0 Å². The summed E-state index contributed by atoms with van der Waals surface area (Å²) in [6, 6.07) is 1.34. The van der Waals surface area contributed by atoms with Gasteiger partial charge >= 0.3 is 6.18 Å². The maximum atomic E-state index is 12.1. The summed E-state index contributed by atoms with van der Waals surface area (Å²) in [5.74, 6) is 0. The molecule has 0 heterocycles. The van der Waals surface area contributed by atoms with Crippen molar-refractivity contribution in [2.45, 2.75) is 6.18 Å². The van der Waals surface area contributed by atoms with Crippen LogP contribution in [-0.4, -0.2) is 26.2 Å². The lowest BCUT2D eigenvalue weighted by Gasteiger charge is -2.10. The average Bonchev–Trinajstić information content (AvgIpc) is 1.81. The first kappa shape index (κ1) is 12.2. The smallest absolute Gasteiger partial charge is 0.263 e. The van der Waals surface area contributed by atoms with Gasteiger partial charge in [0.15, 0.2) is 5.70 Å². The zero-order valence-electron chi connectivity index (χ0n) is 7.55. The Kier molecular flexibility index (Phi) is 3.74. The molecule has 0 aliphatic carbocycles. The van der Waals surface area contributed by atoms with Gasteiger partial charge in [0.25, 0.3) is 0 Å². The fraction of sp³-hybridized carbons (Fsp3) is 0.571. The molecule has 0 saturated heterocycles. The van der Waals surface area contributed by atoms with Gasteiger partial charge in [-0.25, -0.2) is 0 Å². The second kappa shape index (κ2) is 3.97. The summed E-state index contributed by atoms with van der Waals surface area (Å²) >= 11 is 0. The molecule has 0 amide bonds. The minimum Gasteiger partial charge on any atom is -0.263 e. The number of allylic oxidation sites excluding steroid dienone is 2. The van der Waals surface area contributed by atoms with E-state index >= 15 is 0 Å². The lowest BCUT2D eigenvalue weighted by Crippen LogP contribution is -2.09. The van der Waals surface area contributed by atoms with Crippen LogP contribution in [0.5, 0.6) is 0 Å². The molecule has 2 nitrogen and oxygen atoms in total. The van der Waals surface area contributed by atoms with Crippen molar-refractivity contribution in [2.24, 2.45) is 4.74 Å². The first-order valence-electron chi connectivity index (χ1n) is 3.38. The van der Waals surface area contributed by atoms with Crippen LogP contribution in [0.4, 0.5) is 13.2 Å². The maximum absolute atomic E-state index is 12.1. The Bertz CT molecular complexity index is 294. The van der Waals surface area contributed by atoms with Crippen LogP contribution in [0.2, 0.25) is 0 Å². The van der Waals surface area contributed by atoms with Crippen LogP contribution in [0.1, 0.15) is 0 Å². The quantitative estimate of drug-likeness (QED) is 0.484. The molecule has 0 spiro atoms. The number of nitriles is 1. The molecule has 0 aliphatic rings. The summed E-state index contributed by atoms with van der Waals surface area (Å²) < 4.78 is 39.9. The number of rotatable bonds is 1. The molecule has 0 bridgehead atoms. The van der Waals surface area contributed by atoms with E-state index in [1.807, 2.05) is 0 Å². The highest BCUT2D eigenvalue weighted by molar-refractivity contribution is 7.64. The molecule has 0 radical (unpaired) electrons. The summed E-state index contributed by atoms with van der Waals surface area (Å²) in [6.07, 6.45) is -4.09. The van der Waals surface area contributed by atoms with Crippen LogP contribution in [-0.2, 0) is 0 Å². The normalized spacial score (nSPS) is 13.8. The van der Waals surface area contributed by atoms with Gasteiger partial charge in [-0.3, -0.25) is 4.74 Å². The second-order valence-electron chi connectivity index (χ2n) is 3.20. The first-order valence-corrected chi connectivity index (χ1v) is 6.47. The Morgan fingerprint density at radius 3 is 2.08 bits per heavy atom. The zero-order valence-corrected chi connectivity index (χ0v) is 8.45. The number of halogens is 3. The molecule has 13 heavy (non-hydrogen) atoms. The predicted molar refractivity (Wildman–Crippen MR) is 46.9 cm³/mol. The lowest BCUT2D eigenvalue weighted by molar-refractivity contribution is -0.0921. The number of hydrogen-bond donors (Lipinski definition) is 0. The SMILES string of the molecule is CP(C)(C)=N/C(=C/C#N)C(F)(F)F. The van der Waals surface area contributed by atoms with Crippen molar-refractivity contribution in [1.29, 1.82) is 5.26 Å². The average molecular weight is 210 g/mol. The molecule has 0 saturated carbocycles. The molecular weight excluding hydrogens is 200 g/mol. The number of alkyl halides is 3. The van der Waals surface area contributed by atoms with Crippen molar-refractivity contribution in [3.8, 4) is 6.07 Å². The minimum absolute atomic E-state index is 0.436. The van der Waals surface area contributed by atoms with Gasteiger partial charge in [0.05, 0.1) is 6.07 Å². The molecule has 0 aromatic rings. The second-order valence-corrected chi connectivity index (χ2v) is 7.28. The Labute approximate surface area is 75.1 Å².